The minimum atomic E-state index is -0.827. The van der Waals surface area contributed by atoms with Crippen LogP contribution >= 0.6 is 0 Å². The van der Waals surface area contributed by atoms with Gasteiger partial charge in [-0.1, -0.05) is 6.92 Å². The summed E-state index contributed by atoms with van der Waals surface area (Å²) >= 11 is 0. The summed E-state index contributed by atoms with van der Waals surface area (Å²) in [4.78, 5) is 38.3. The van der Waals surface area contributed by atoms with Crippen LogP contribution in [0.25, 0.3) is 0 Å². The second-order valence-corrected chi connectivity index (χ2v) is 6.50. The monoisotopic (exact) mass is 341 g/mol. The minimum absolute atomic E-state index is 0.0369. The fraction of sp³-hybridized carbons (Fsp3) is 0.812. The number of methoxy groups -OCH3 is 1. The van der Waals surface area contributed by atoms with Gasteiger partial charge in [0.2, 0.25) is 0 Å². The normalized spacial score (nSPS) is 26.1. The van der Waals surface area contributed by atoms with Crippen LogP contribution in [0.15, 0.2) is 0 Å². The standard InChI is InChI=1S/C16H27N3O5/c1-3-18(10-14(20)21)13-7-11(8-13)17-16(23)19-6-4-5-12(19)9-15(22)24-2/h11-13H,3-10H2,1-2H3,(H,17,23)(H,20,21). The van der Waals surface area contributed by atoms with Crippen molar-refractivity contribution in [3.63, 3.8) is 0 Å². The Kier molecular flexibility index (Phi) is 6.42. The van der Waals surface area contributed by atoms with Crippen LogP contribution in [0.3, 0.4) is 0 Å². The molecule has 0 spiro atoms. The highest BCUT2D eigenvalue weighted by Crippen LogP contribution is 2.27. The Labute approximate surface area is 142 Å². The zero-order valence-corrected chi connectivity index (χ0v) is 14.4. The number of likely N-dealkylation sites (tertiary alicyclic amines) is 1. The molecule has 1 unspecified atom stereocenters. The van der Waals surface area contributed by atoms with Crippen molar-refractivity contribution in [2.75, 3.05) is 26.7 Å². The molecular formula is C16H27N3O5. The van der Waals surface area contributed by atoms with Crippen LogP contribution in [-0.2, 0) is 14.3 Å². The predicted molar refractivity (Wildman–Crippen MR) is 86.6 cm³/mol. The number of amides is 2. The summed E-state index contributed by atoms with van der Waals surface area (Å²) in [6, 6.07) is 0.0594. The van der Waals surface area contributed by atoms with Crippen LogP contribution in [0.5, 0.6) is 0 Å². The maximum absolute atomic E-state index is 12.4. The predicted octanol–water partition coefficient (Wildman–Crippen LogP) is 0.661. The van der Waals surface area contributed by atoms with Gasteiger partial charge in [-0.05, 0) is 32.2 Å². The zero-order valence-electron chi connectivity index (χ0n) is 14.4. The summed E-state index contributed by atoms with van der Waals surface area (Å²) in [5, 5.41) is 11.9. The summed E-state index contributed by atoms with van der Waals surface area (Å²) in [5.74, 6) is -1.12. The Morgan fingerprint density at radius 3 is 2.62 bits per heavy atom. The van der Waals surface area contributed by atoms with Crippen LogP contribution in [0.1, 0.15) is 39.0 Å². The van der Waals surface area contributed by atoms with Gasteiger partial charge >= 0.3 is 18.0 Å². The fourth-order valence-electron chi connectivity index (χ4n) is 3.53. The molecule has 2 amide bonds. The first-order valence-corrected chi connectivity index (χ1v) is 8.54. The Morgan fingerprint density at radius 1 is 1.33 bits per heavy atom. The average molecular weight is 341 g/mol. The number of esters is 1. The number of carboxylic acids is 1. The molecule has 1 aliphatic heterocycles. The first-order valence-electron chi connectivity index (χ1n) is 8.54. The van der Waals surface area contributed by atoms with Gasteiger partial charge in [0.05, 0.1) is 20.1 Å². The highest BCUT2D eigenvalue weighted by Gasteiger charge is 2.37. The number of urea groups is 1. The number of carbonyl (C=O) groups is 3. The highest BCUT2D eigenvalue weighted by molar-refractivity contribution is 5.77. The van der Waals surface area contributed by atoms with Gasteiger partial charge in [-0.2, -0.15) is 0 Å². The molecule has 2 aliphatic rings. The van der Waals surface area contributed by atoms with Gasteiger partial charge in [-0.25, -0.2) is 4.79 Å². The van der Waals surface area contributed by atoms with Crippen LogP contribution in [0.2, 0.25) is 0 Å². The summed E-state index contributed by atoms with van der Waals surface area (Å²) < 4.78 is 4.69. The molecule has 1 saturated carbocycles. The lowest BCUT2D eigenvalue weighted by atomic mass is 9.85. The number of aliphatic carboxylic acids is 1. The summed E-state index contributed by atoms with van der Waals surface area (Å²) in [6.45, 7) is 3.32. The lowest BCUT2D eigenvalue weighted by Crippen LogP contribution is -2.57. The Balaban J connectivity index is 1.77. The van der Waals surface area contributed by atoms with E-state index < -0.39 is 5.97 Å². The smallest absolute Gasteiger partial charge is 0.317 e. The highest BCUT2D eigenvalue weighted by atomic mass is 16.5. The van der Waals surface area contributed by atoms with E-state index in [-0.39, 0.29) is 43.1 Å². The zero-order chi connectivity index (χ0) is 17.7. The third kappa shape index (κ3) is 4.59. The molecule has 1 saturated heterocycles. The second kappa shape index (κ2) is 8.32. The van der Waals surface area contributed by atoms with Gasteiger partial charge in [0.25, 0.3) is 0 Å². The number of hydrogen-bond donors (Lipinski definition) is 2. The molecule has 2 fully saturated rings. The number of rotatable bonds is 7. The van der Waals surface area contributed by atoms with Gasteiger partial charge in [0, 0.05) is 24.7 Å². The largest absolute Gasteiger partial charge is 0.480 e. The first-order chi connectivity index (χ1) is 11.4. The van der Waals surface area contributed by atoms with E-state index in [1.807, 2.05) is 11.8 Å². The van der Waals surface area contributed by atoms with Gasteiger partial charge in [-0.3, -0.25) is 14.5 Å². The van der Waals surface area contributed by atoms with Crippen molar-refractivity contribution >= 4 is 18.0 Å². The van der Waals surface area contributed by atoms with E-state index in [1.54, 1.807) is 4.90 Å². The molecule has 0 aromatic rings. The molecule has 24 heavy (non-hydrogen) atoms. The maximum atomic E-state index is 12.4. The molecule has 8 heteroatoms. The molecule has 8 nitrogen and oxygen atoms in total. The van der Waals surface area contributed by atoms with Crippen molar-refractivity contribution in [2.24, 2.45) is 0 Å². The van der Waals surface area contributed by atoms with Crippen LogP contribution in [-0.4, -0.2) is 77.7 Å². The quantitative estimate of drug-likeness (QED) is 0.660. The van der Waals surface area contributed by atoms with Crippen LogP contribution < -0.4 is 5.32 Å². The van der Waals surface area contributed by atoms with E-state index in [0.29, 0.717) is 13.1 Å². The summed E-state index contributed by atoms with van der Waals surface area (Å²) in [5.41, 5.74) is 0. The van der Waals surface area contributed by atoms with Crippen molar-refractivity contribution in [2.45, 2.75) is 57.2 Å². The molecule has 0 bridgehead atoms. The van der Waals surface area contributed by atoms with E-state index >= 15 is 0 Å². The number of likely N-dealkylation sites (N-methyl/N-ethyl adjacent to an activating group) is 1. The molecule has 1 aliphatic carbocycles. The second-order valence-electron chi connectivity index (χ2n) is 6.50. The summed E-state index contributed by atoms with van der Waals surface area (Å²) in [7, 11) is 1.35. The fourth-order valence-corrected chi connectivity index (χ4v) is 3.53. The molecule has 136 valence electrons. The van der Waals surface area contributed by atoms with Crippen molar-refractivity contribution < 1.29 is 24.2 Å². The van der Waals surface area contributed by atoms with E-state index in [2.05, 4.69) is 10.1 Å². The Bertz CT molecular complexity index is 478. The lowest BCUT2D eigenvalue weighted by molar-refractivity contribution is -0.142. The molecule has 1 atom stereocenters. The van der Waals surface area contributed by atoms with Gasteiger partial charge in [0.15, 0.2) is 0 Å². The Morgan fingerprint density at radius 2 is 2.04 bits per heavy atom. The Hall–Kier alpha value is -1.83. The van der Waals surface area contributed by atoms with Crippen LogP contribution in [0.4, 0.5) is 4.79 Å². The number of nitrogens with one attached hydrogen (secondary N) is 1. The number of carbonyl (C=O) groups excluding carboxylic acids is 2. The van der Waals surface area contributed by atoms with E-state index in [4.69, 9.17) is 5.11 Å². The van der Waals surface area contributed by atoms with E-state index in [9.17, 15) is 14.4 Å². The molecule has 0 aromatic heterocycles. The van der Waals surface area contributed by atoms with Crippen molar-refractivity contribution in [3.05, 3.63) is 0 Å². The van der Waals surface area contributed by atoms with Gasteiger partial charge in [-0.15, -0.1) is 0 Å². The van der Waals surface area contributed by atoms with Crippen molar-refractivity contribution in [1.82, 2.24) is 15.1 Å². The number of nitrogens with zero attached hydrogens (tertiary/aromatic N) is 2. The minimum Gasteiger partial charge on any atom is -0.480 e. The van der Waals surface area contributed by atoms with Crippen molar-refractivity contribution in [3.8, 4) is 0 Å². The molecule has 2 N–H and O–H groups in total. The van der Waals surface area contributed by atoms with E-state index in [0.717, 1.165) is 25.7 Å². The molecule has 0 radical (unpaired) electrons. The lowest BCUT2D eigenvalue weighted by Gasteiger charge is -2.42. The van der Waals surface area contributed by atoms with Gasteiger partial charge in [0.1, 0.15) is 0 Å². The average Bonchev–Trinajstić information content (AvgIpc) is 2.96. The van der Waals surface area contributed by atoms with Crippen molar-refractivity contribution in [1.29, 1.82) is 0 Å². The number of ether oxygens (including phenoxy) is 1. The van der Waals surface area contributed by atoms with E-state index in [1.165, 1.54) is 7.11 Å². The molecular weight excluding hydrogens is 314 g/mol. The third-order valence-corrected chi connectivity index (χ3v) is 4.97. The SMILES string of the molecule is CCN(CC(=O)O)C1CC(NC(=O)N2CCCC2CC(=O)OC)C1. The third-order valence-electron chi connectivity index (χ3n) is 4.97. The number of hydrogen-bond acceptors (Lipinski definition) is 5. The van der Waals surface area contributed by atoms with Crippen LogP contribution in [0, 0.1) is 0 Å². The van der Waals surface area contributed by atoms with Gasteiger partial charge < -0.3 is 20.1 Å². The maximum Gasteiger partial charge on any atom is 0.317 e. The number of carboxylic acid groups (broad SMARTS) is 1. The molecule has 0 aromatic carbocycles. The molecule has 1 heterocycles. The molecule has 2 rings (SSSR count). The topological polar surface area (TPSA) is 99.2 Å². The summed E-state index contributed by atoms with van der Waals surface area (Å²) in [6.07, 6.45) is 3.48. The first kappa shape index (κ1) is 18.5.